The molecule has 0 unspecified atom stereocenters. The summed E-state index contributed by atoms with van der Waals surface area (Å²) in [6, 6.07) is 0. The van der Waals surface area contributed by atoms with Crippen LogP contribution in [0, 0.1) is 23.7 Å². The minimum Gasteiger partial charge on any atom is -0.461 e. The number of allylic oxidation sites excluding steroid dienone is 2. The number of carbonyl (C=O) groups is 1. The Morgan fingerprint density at radius 2 is 2.19 bits per heavy atom. The van der Waals surface area contributed by atoms with Crippen LogP contribution in [0.3, 0.4) is 0 Å². The van der Waals surface area contributed by atoms with E-state index in [-0.39, 0.29) is 23.9 Å². The maximum atomic E-state index is 12.2. The molecular formula is C18H28O3. The van der Waals surface area contributed by atoms with Gasteiger partial charge in [-0.1, -0.05) is 52.3 Å². The van der Waals surface area contributed by atoms with Gasteiger partial charge in [0.25, 0.3) is 0 Å². The molecule has 2 aliphatic carbocycles. The second-order valence-corrected chi connectivity index (χ2v) is 6.57. The van der Waals surface area contributed by atoms with Crippen LogP contribution in [0.5, 0.6) is 0 Å². The normalized spacial score (nSPS) is 36.6. The summed E-state index contributed by atoms with van der Waals surface area (Å²) in [6.07, 6.45) is 7.91. The maximum Gasteiger partial charge on any atom is 0.308 e. The fourth-order valence-electron chi connectivity index (χ4n) is 3.60. The Morgan fingerprint density at radius 1 is 1.48 bits per heavy atom. The van der Waals surface area contributed by atoms with Crippen molar-refractivity contribution in [2.24, 2.45) is 23.7 Å². The molecule has 2 aliphatic rings. The van der Waals surface area contributed by atoms with Crippen LogP contribution in [0.1, 0.15) is 47.0 Å². The minimum atomic E-state index is -0.512. The largest absolute Gasteiger partial charge is 0.461 e. The summed E-state index contributed by atoms with van der Waals surface area (Å²) in [7, 11) is 0. The van der Waals surface area contributed by atoms with Crippen LogP contribution >= 0.6 is 0 Å². The predicted octanol–water partition coefficient (Wildman–Crippen LogP) is 3.48. The van der Waals surface area contributed by atoms with Crippen LogP contribution < -0.4 is 0 Å². The Labute approximate surface area is 128 Å². The van der Waals surface area contributed by atoms with Crippen molar-refractivity contribution >= 4 is 5.97 Å². The summed E-state index contributed by atoms with van der Waals surface area (Å²) < 4.78 is 5.79. The van der Waals surface area contributed by atoms with E-state index in [2.05, 4.69) is 26.0 Å². The third-order valence-electron chi connectivity index (χ3n) is 5.13. The van der Waals surface area contributed by atoms with E-state index < -0.39 is 6.10 Å². The Balaban J connectivity index is 2.23. The molecule has 0 aliphatic heterocycles. The lowest BCUT2D eigenvalue weighted by atomic mass is 9.67. The van der Waals surface area contributed by atoms with Crippen LogP contribution in [-0.4, -0.2) is 23.3 Å². The molecule has 0 bridgehead atoms. The fourth-order valence-corrected chi connectivity index (χ4v) is 3.60. The van der Waals surface area contributed by atoms with Gasteiger partial charge < -0.3 is 9.84 Å². The van der Waals surface area contributed by atoms with Gasteiger partial charge in [-0.2, -0.15) is 0 Å². The minimum absolute atomic E-state index is 0.0758. The number of fused-ring (bicyclic) bond motifs is 1. The van der Waals surface area contributed by atoms with Crippen molar-refractivity contribution in [3.05, 3.63) is 23.8 Å². The highest BCUT2D eigenvalue weighted by Gasteiger charge is 2.41. The number of aliphatic hydroxyl groups is 1. The molecule has 3 nitrogen and oxygen atoms in total. The van der Waals surface area contributed by atoms with Gasteiger partial charge >= 0.3 is 5.97 Å². The van der Waals surface area contributed by atoms with E-state index in [4.69, 9.17) is 4.74 Å². The predicted molar refractivity (Wildman–Crippen MR) is 83.6 cm³/mol. The van der Waals surface area contributed by atoms with Gasteiger partial charge in [-0.25, -0.2) is 0 Å². The summed E-state index contributed by atoms with van der Waals surface area (Å²) in [6.45, 7) is 8.31. The zero-order valence-electron chi connectivity index (χ0n) is 13.6. The second kappa shape index (κ2) is 6.78. The van der Waals surface area contributed by atoms with Gasteiger partial charge in [-0.05, 0) is 23.8 Å². The molecule has 1 N–H and O–H groups in total. The Bertz CT molecular complexity index is 438. The molecule has 6 atom stereocenters. The summed E-state index contributed by atoms with van der Waals surface area (Å²) in [5, 5.41) is 10.1. The maximum absolute atomic E-state index is 12.2. The molecule has 0 aromatic carbocycles. The zero-order chi connectivity index (χ0) is 15.6. The lowest BCUT2D eigenvalue weighted by molar-refractivity contribution is -0.159. The average molecular weight is 292 g/mol. The number of aliphatic hydroxyl groups excluding tert-OH is 1. The molecule has 0 fully saturated rings. The molecule has 0 saturated heterocycles. The fraction of sp³-hybridized carbons (Fsp3) is 0.722. The van der Waals surface area contributed by atoms with Gasteiger partial charge in [0.2, 0.25) is 0 Å². The molecule has 0 radical (unpaired) electrons. The second-order valence-electron chi connectivity index (χ2n) is 6.57. The lowest BCUT2D eigenvalue weighted by Crippen LogP contribution is -2.42. The molecule has 21 heavy (non-hydrogen) atoms. The van der Waals surface area contributed by atoms with Crippen LogP contribution in [-0.2, 0) is 9.53 Å². The standard InChI is InChI=1S/C18H28O3/c1-5-11(3)18(20)21-16-10-14(19)9-13-8-7-12(4)15(6-2)17(13)16/h7-9,11-12,14-17,19H,5-6,10H2,1-4H3/t11-,12-,14+,15-,16-,17-/m0/s1. The molecular weight excluding hydrogens is 264 g/mol. The average Bonchev–Trinajstić information content (AvgIpc) is 2.46. The van der Waals surface area contributed by atoms with E-state index in [9.17, 15) is 9.90 Å². The van der Waals surface area contributed by atoms with Crippen LogP contribution in [0.25, 0.3) is 0 Å². The van der Waals surface area contributed by atoms with Gasteiger partial charge in [0.1, 0.15) is 6.10 Å². The first-order valence-corrected chi connectivity index (χ1v) is 8.26. The molecule has 0 aromatic rings. The number of carbonyl (C=O) groups excluding carboxylic acids is 1. The highest BCUT2D eigenvalue weighted by Crippen LogP contribution is 2.43. The van der Waals surface area contributed by atoms with E-state index in [0.717, 1.165) is 18.4 Å². The summed E-state index contributed by atoms with van der Waals surface area (Å²) >= 11 is 0. The van der Waals surface area contributed by atoms with Crippen molar-refractivity contribution < 1.29 is 14.6 Å². The first kappa shape index (κ1) is 16.3. The van der Waals surface area contributed by atoms with Gasteiger partial charge in [0.05, 0.1) is 12.0 Å². The van der Waals surface area contributed by atoms with Crippen LogP contribution in [0.4, 0.5) is 0 Å². The first-order chi connectivity index (χ1) is 9.97. The van der Waals surface area contributed by atoms with E-state index in [1.54, 1.807) is 0 Å². The van der Waals surface area contributed by atoms with Crippen molar-refractivity contribution in [2.45, 2.75) is 59.2 Å². The molecule has 0 saturated carbocycles. The van der Waals surface area contributed by atoms with E-state index in [1.807, 2.05) is 19.9 Å². The van der Waals surface area contributed by atoms with Gasteiger partial charge in [-0.15, -0.1) is 0 Å². The van der Waals surface area contributed by atoms with E-state index >= 15 is 0 Å². The number of hydrogen-bond donors (Lipinski definition) is 1. The van der Waals surface area contributed by atoms with E-state index in [1.165, 1.54) is 0 Å². The summed E-state index contributed by atoms with van der Waals surface area (Å²) in [5.74, 6) is 0.980. The highest BCUT2D eigenvalue weighted by molar-refractivity contribution is 5.72. The van der Waals surface area contributed by atoms with Crippen molar-refractivity contribution in [1.82, 2.24) is 0 Å². The number of hydrogen-bond acceptors (Lipinski definition) is 3. The Hall–Kier alpha value is -1.09. The van der Waals surface area contributed by atoms with Gasteiger partial charge in [0.15, 0.2) is 0 Å². The zero-order valence-corrected chi connectivity index (χ0v) is 13.6. The van der Waals surface area contributed by atoms with Crippen molar-refractivity contribution in [3.8, 4) is 0 Å². The smallest absolute Gasteiger partial charge is 0.308 e. The van der Waals surface area contributed by atoms with Crippen molar-refractivity contribution in [3.63, 3.8) is 0 Å². The summed E-state index contributed by atoms with van der Waals surface area (Å²) in [4.78, 5) is 12.2. The van der Waals surface area contributed by atoms with Crippen LogP contribution in [0.15, 0.2) is 23.8 Å². The molecule has 3 heteroatoms. The molecule has 0 aromatic heterocycles. The first-order valence-electron chi connectivity index (χ1n) is 8.26. The quantitative estimate of drug-likeness (QED) is 0.807. The topological polar surface area (TPSA) is 46.5 Å². The van der Waals surface area contributed by atoms with Gasteiger partial charge in [0, 0.05) is 12.3 Å². The monoisotopic (exact) mass is 292 g/mol. The lowest BCUT2D eigenvalue weighted by Gasteiger charge is -2.42. The summed E-state index contributed by atoms with van der Waals surface area (Å²) in [5.41, 5.74) is 1.14. The van der Waals surface area contributed by atoms with Crippen molar-refractivity contribution in [2.75, 3.05) is 0 Å². The Morgan fingerprint density at radius 3 is 2.81 bits per heavy atom. The van der Waals surface area contributed by atoms with Crippen LogP contribution in [0.2, 0.25) is 0 Å². The molecule has 0 spiro atoms. The molecule has 0 amide bonds. The van der Waals surface area contributed by atoms with E-state index in [0.29, 0.717) is 18.3 Å². The number of esters is 1. The number of rotatable bonds is 4. The molecule has 2 rings (SSSR count). The SMILES string of the molecule is CC[C@@H]1[C@@H]2C(=C[C@@H](O)C[C@@H]2OC(=O)[C@@H](C)CC)C=C[C@@H]1C. The molecule has 118 valence electrons. The van der Waals surface area contributed by atoms with Gasteiger partial charge in [-0.3, -0.25) is 4.79 Å². The highest BCUT2D eigenvalue weighted by atomic mass is 16.5. The third kappa shape index (κ3) is 3.39. The molecule has 0 heterocycles. The third-order valence-corrected chi connectivity index (χ3v) is 5.13. The van der Waals surface area contributed by atoms with Crippen molar-refractivity contribution in [1.29, 1.82) is 0 Å². The Kier molecular flexibility index (Phi) is 5.26. The number of ether oxygens (including phenoxy) is 1.